The van der Waals surface area contributed by atoms with Gasteiger partial charge in [0.2, 0.25) is 0 Å². The molecule has 0 aliphatic carbocycles. The third kappa shape index (κ3) is 5.12. The fourth-order valence-corrected chi connectivity index (χ4v) is 4.71. The summed E-state index contributed by atoms with van der Waals surface area (Å²) in [5.74, 6) is -1.31. The lowest BCUT2D eigenvalue weighted by molar-refractivity contribution is 0.0520. The number of fused-ring (bicyclic) bond motifs is 2. The molecule has 0 fully saturated rings. The van der Waals surface area contributed by atoms with Crippen LogP contribution in [0.1, 0.15) is 68.5 Å². The van der Waals surface area contributed by atoms with Crippen LogP contribution in [0.5, 0.6) is 0 Å². The summed E-state index contributed by atoms with van der Waals surface area (Å²) in [6, 6.07) is 7.90. The van der Waals surface area contributed by atoms with Crippen molar-refractivity contribution in [1.29, 1.82) is 0 Å². The average Bonchev–Trinajstić information content (AvgIpc) is 3.41. The fourth-order valence-electron chi connectivity index (χ4n) is 3.74. The Kier molecular flexibility index (Phi) is 6.23. The average molecular weight is 526 g/mol. The van der Waals surface area contributed by atoms with Gasteiger partial charge in [-0.2, -0.15) is 9.78 Å². The van der Waals surface area contributed by atoms with Gasteiger partial charge in [0, 0.05) is 10.9 Å². The van der Waals surface area contributed by atoms with Crippen LogP contribution >= 0.6 is 11.3 Å². The molecule has 0 amide bonds. The summed E-state index contributed by atoms with van der Waals surface area (Å²) >= 11 is 0.924. The van der Waals surface area contributed by atoms with E-state index >= 15 is 0 Å². The van der Waals surface area contributed by atoms with Crippen molar-refractivity contribution in [3.05, 3.63) is 40.8 Å². The summed E-state index contributed by atoms with van der Waals surface area (Å²) in [6.07, 6.45) is -1.49. The van der Waals surface area contributed by atoms with E-state index in [4.69, 9.17) is 9.47 Å². The molecule has 3 aromatic heterocycles. The van der Waals surface area contributed by atoms with Gasteiger partial charge in [0.25, 0.3) is 0 Å². The number of aromatic carboxylic acids is 1. The first-order valence-corrected chi connectivity index (χ1v) is 12.3. The lowest BCUT2D eigenvalue weighted by atomic mass is 10.1. The molecule has 37 heavy (non-hydrogen) atoms. The van der Waals surface area contributed by atoms with Gasteiger partial charge in [0.05, 0.1) is 21.4 Å². The zero-order valence-corrected chi connectivity index (χ0v) is 22.3. The standard InChI is InChI=1S/C26H27N3O7S/c1-13(30)14-8-9-16-15(10-14)11-17(28(16)23(33)35-25(2,3)4)20-21-18(12-19(37-21)22(31)32)29(27-20)24(34)36-26(5,6)7/h8-12H,1-7H3,(H,31,32). The van der Waals surface area contributed by atoms with Gasteiger partial charge >= 0.3 is 18.2 Å². The minimum Gasteiger partial charge on any atom is -0.477 e. The predicted molar refractivity (Wildman–Crippen MR) is 139 cm³/mol. The van der Waals surface area contributed by atoms with Gasteiger partial charge in [0.15, 0.2) is 5.78 Å². The van der Waals surface area contributed by atoms with E-state index in [2.05, 4.69) is 5.10 Å². The number of hydrogen-bond donors (Lipinski definition) is 1. The monoisotopic (exact) mass is 525 g/mol. The number of nitrogens with zero attached hydrogens (tertiary/aromatic N) is 3. The van der Waals surface area contributed by atoms with Crippen molar-refractivity contribution in [2.45, 2.75) is 59.7 Å². The maximum atomic E-state index is 13.4. The smallest absolute Gasteiger partial charge is 0.435 e. The maximum absolute atomic E-state index is 13.4. The summed E-state index contributed by atoms with van der Waals surface area (Å²) in [7, 11) is 0. The fraction of sp³-hybridized carbons (Fsp3) is 0.346. The van der Waals surface area contributed by atoms with Gasteiger partial charge in [-0.05, 0) is 78.8 Å². The van der Waals surface area contributed by atoms with E-state index in [1.54, 1.807) is 65.8 Å². The highest BCUT2D eigenvalue weighted by Crippen LogP contribution is 2.38. The Hall–Kier alpha value is -3.99. The molecule has 0 aliphatic rings. The molecule has 0 spiro atoms. The molecule has 0 unspecified atom stereocenters. The van der Waals surface area contributed by atoms with Gasteiger partial charge in [-0.1, -0.05) is 0 Å². The Morgan fingerprint density at radius 3 is 2.08 bits per heavy atom. The number of carboxylic acid groups (broad SMARTS) is 1. The van der Waals surface area contributed by atoms with Crippen molar-refractivity contribution in [3.8, 4) is 11.4 Å². The maximum Gasteiger partial charge on any atom is 0.435 e. The molecule has 4 rings (SSSR count). The van der Waals surface area contributed by atoms with Crippen LogP contribution in [0.25, 0.3) is 32.5 Å². The van der Waals surface area contributed by atoms with E-state index in [-0.39, 0.29) is 27.6 Å². The predicted octanol–water partition coefficient (Wildman–Crippen LogP) is 6.19. The van der Waals surface area contributed by atoms with Gasteiger partial charge in [-0.3, -0.25) is 4.79 Å². The highest BCUT2D eigenvalue weighted by molar-refractivity contribution is 7.21. The molecule has 0 saturated heterocycles. The lowest BCUT2D eigenvalue weighted by Crippen LogP contribution is -2.28. The summed E-state index contributed by atoms with van der Waals surface area (Å²) in [5.41, 5.74) is -0.0128. The Labute approximate surface area is 216 Å². The van der Waals surface area contributed by atoms with Crippen LogP contribution in [0.4, 0.5) is 9.59 Å². The van der Waals surface area contributed by atoms with Crippen LogP contribution in [0, 0.1) is 0 Å². The van der Waals surface area contributed by atoms with Crippen molar-refractivity contribution in [3.63, 3.8) is 0 Å². The summed E-state index contributed by atoms with van der Waals surface area (Å²) < 4.78 is 13.8. The first kappa shape index (κ1) is 26.1. The molecule has 1 N–H and O–H groups in total. The number of carbonyl (C=O) groups excluding carboxylic acids is 3. The van der Waals surface area contributed by atoms with E-state index in [0.29, 0.717) is 21.2 Å². The molecule has 194 valence electrons. The van der Waals surface area contributed by atoms with Crippen molar-refractivity contribution in [2.24, 2.45) is 0 Å². The van der Waals surface area contributed by atoms with Gasteiger partial charge in [-0.25, -0.2) is 19.0 Å². The zero-order valence-electron chi connectivity index (χ0n) is 21.5. The zero-order chi connectivity index (χ0) is 27.4. The highest BCUT2D eigenvalue weighted by Gasteiger charge is 2.30. The number of Topliss-reactive ketones (excluding diaryl/α,β-unsaturated/α-hetero) is 1. The minimum atomic E-state index is -1.17. The molecular weight excluding hydrogens is 498 g/mol. The molecule has 0 atom stereocenters. The first-order valence-electron chi connectivity index (χ1n) is 11.4. The number of ketones is 1. The quantitative estimate of drug-likeness (QED) is 0.314. The molecular formula is C26H27N3O7S. The Balaban J connectivity index is 2.03. The summed E-state index contributed by atoms with van der Waals surface area (Å²) in [6.45, 7) is 11.8. The van der Waals surface area contributed by atoms with Gasteiger partial charge in [0.1, 0.15) is 21.8 Å². The van der Waals surface area contributed by atoms with Crippen LogP contribution in [0.3, 0.4) is 0 Å². The second kappa shape index (κ2) is 8.84. The van der Waals surface area contributed by atoms with Crippen molar-refractivity contribution in [1.82, 2.24) is 14.3 Å². The molecule has 11 heteroatoms. The number of rotatable bonds is 3. The van der Waals surface area contributed by atoms with E-state index in [1.165, 1.54) is 17.6 Å². The van der Waals surface area contributed by atoms with Crippen LogP contribution in [-0.2, 0) is 9.47 Å². The van der Waals surface area contributed by atoms with E-state index in [0.717, 1.165) is 16.0 Å². The lowest BCUT2D eigenvalue weighted by Gasteiger charge is -2.20. The van der Waals surface area contributed by atoms with Crippen molar-refractivity contribution in [2.75, 3.05) is 0 Å². The molecule has 3 heterocycles. The Bertz CT molecular complexity index is 1590. The number of thiophene rings is 1. The molecule has 0 bridgehead atoms. The Morgan fingerprint density at radius 2 is 1.51 bits per heavy atom. The van der Waals surface area contributed by atoms with E-state index in [9.17, 15) is 24.3 Å². The second-order valence-electron chi connectivity index (χ2n) is 10.5. The van der Waals surface area contributed by atoms with Gasteiger partial charge < -0.3 is 14.6 Å². The van der Waals surface area contributed by atoms with E-state index in [1.807, 2.05) is 0 Å². The Morgan fingerprint density at radius 1 is 0.892 bits per heavy atom. The first-order chi connectivity index (χ1) is 17.1. The third-order valence-electron chi connectivity index (χ3n) is 5.16. The number of hydrogen-bond acceptors (Lipinski definition) is 8. The minimum absolute atomic E-state index is 0.00949. The number of benzene rings is 1. The number of aromatic nitrogens is 3. The number of carbonyl (C=O) groups is 4. The second-order valence-corrected chi connectivity index (χ2v) is 11.6. The van der Waals surface area contributed by atoms with Crippen molar-refractivity contribution >= 4 is 56.4 Å². The highest BCUT2D eigenvalue weighted by atomic mass is 32.1. The topological polar surface area (TPSA) is 130 Å². The van der Waals surface area contributed by atoms with Gasteiger partial charge in [-0.15, -0.1) is 11.3 Å². The molecule has 1 aromatic carbocycles. The normalized spacial score (nSPS) is 12.2. The van der Waals surface area contributed by atoms with E-state index < -0.39 is 29.4 Å². The third-order valence-corrected chi connectivity index (χ3v) is 6.28. The molecule has 0 aliphatic heterocycles. The van der Waals surface area contributed by atoms with Crippen LogP contribution in [0.15, 0.2) is 30.3 Å². The largest absolute Gasteiger partial charge is 0.477 e. The molecule has 0 radical (unpaired) electrons. The summed E-state index contributed by atoms with van der Waals surface area (Å²) in [4.78, 5) is 50.1. The van der Waals surface area contributed by atoms with Crippen LogP contribution < -0.4 is 0 Å². The molecule has 4 aromatic rings. The number of carboxylic acids is 1. The van der Waals surface area contributed by atoms with Crippen molar-refractivity contribution < 1.29 is 33.8 Å². The summed E-state index contributed by atoms with van der Waals surface area (Å²) in [5, 5.41) is 14.6. The molecule has 10 nitrogen and oxygen atoms in total. The SMILES string of the molecule is CC(=O)c1ccc2c(c1)cc(-c1nn(C(=O)OC(C)(C)C)c3cc(C(=O)O)sc13)n2C(=O)OC(C)(C)C. The van der Waals surface area contributed by atoms with Crippen LogP contribution in [0.2, 0.25) is 0 Å². The van der Waals surface area contributed by atoms with Crippen LogP contribution in [-0.4, -0.2) is 54.6 Å². The number of ether oxygens (including phenoxy) is 2. The molecule has 0 saturated carbocycles.